The number of aromatic nitrogens is 1. The van der Waals surface area contributed by atoms with Gasteiger partial charge in [0.15, 0.2) is 11.5 Å². The van der Waals surface area contributed by atoms with Crippen LogP contribution in [0.3, 0.4) is 0 Å². The van der Waals surface area contributed by atoms with E-state index in [0.29, 0.717) is 65.9 Å². The third-order valence-electron chi connectivity index (χ3n) is 5.23. The highest BCUT2D eigenvalue weighted by Crippen LogP contribution is 2.34. The summed E-state index contributed by atoms with van der Waals surface area (Å²) in [5, 5.41) is 9.44. The van der Waals surface area contributed by atoms with Crippen LogP contribution in [0.15, 0.2) is 27.5 Å². The summed E-state index contributed by atoms with van der Waals surface area (Å²) in [6, 6.07) is 7.71. The van der Waals surface area contributed by atoms with Gasteiger partial charge in [-0.2, -0.15) is 10.2 Å². The van der Waals surface area contributed by atoms with Crippen molar-refractivity contribution in [3.05, 3.63) is 40.3 Å². The van der Waals surface area contributed by atoms with Gasteiger partial charge in [0.25, 0.3) is 5.91 Å². The average molecular weight is 487 g/mol. The van der Waals surface area contributed by atoms with Crippen molar-refractivity contribution in [3.63, 3.8) is 0 Å². The monoisotopic (exact) mass is 486 g/mol. The Hall–Kier alpha value is -3.07. The van der Waals surface area contributed by atoms with Gasteiger partial charge in [0, 0.05) is 25.7 Å². The number of nitriles is 1. The van der Waals surface area contributed by atoms with E-state index in [1.807, 2.05) is 23.1 Å². The lowest BCUT2D eigenvalue weighted by molar-refractivity contribution is -0.122. The molecule has 9 nitrogen and oxygen atoms in total. The number of carbonyl (C=O) groups excluding carboxylic acids is 1. The first-order valence-electron chi connectivity index (χ1n) is 10.2. The number of anilines is 1. The number of nitrogens with zero attached hydrogens (tertiary/aromatic N) is 4. The molecule has 2 aliphatic heterocycles. The van der Waals surface area contributed by atoms with Gasteiger partial charge in [0.2, 0.25) is 17.5 Å². The molecule has 2 fully saturated rings. The van der Waals surface area contributed by atoms with E-state index in [9.17, 15) is 10.1 Å². The number of oxazole rings is 1. The van der Waals surface area contributed by atoms with Crippen molar-refractivity contribution >= 4 is 46.2 Å². The molecule has 172 valence electrons. The molecule has 1 amide bonds. The summed E-state index contributed by atoms with van der Waals surface area (Å²) in [6.07, 6.45) is 2.14. The number of morpholine rings is 1. The van der Waals surface area contributed by atoms with Gasteiger partial charge in [-0.1, -0.05) is 30.0 Å². The minimum atomic E-state index is -0.213. The van der Waals surface area contributed by atoms with Gasteiger partial charge in [-0.05, 0) is 24.1 Å². The van der Waals surface area contributed by atoms with E-state index in [1.165, 1.54) is 11.8 Å². The maximum atomic E-state index is 13.0. The van der Waals surface area contributed by atoms with Crippen LogP contribution in [0.5, 0.6) is 11.5 Å². The lowest BCUT2D eigenvalue weighted by atomic mass is 10.1. The maximum absolute atomic E-state index is 13.0. The fourth-order valence-electron chi connectivity index (χ4n) is 3.53. The molecule has 0 N–H and O–H groups in total. The molecule has 2 aliphatic rings. The molecule has 4 rings (SSSR count). The summed E-state index contributed by atoms with van der Waals surface area (Å²) < 4.78 is 22.2. The minimum Gasteiger partial charge on any atom is -0.493 e. The van der Waals surface area contributed by atoms with Crippen LogP contribution in [-0.4, -0.2) is 67.2 Å². The second-order valence-electron chi connectivity index (χ2n) is 7.19. The van der Waals surface area contributed by atoms with E-state index in [4.69, 9.17) is 30.8 Å². The van der Waals surface area contributed by atoms with E-state index in [-0.39, 0.29) is 17.5 Å². The van der Waals surface area contributed by atoms with Crippen molar-refractivity contribution in [2.45, 2.75) is 6.42 Å². The molecular weight excluding hydrogens is 464 g/mol. The van der Waals surface area contributed by atoms with Crippen molar-refractivity contribution in [3.8, 4) is 17.6 Å². The number of amides is 1. The molecule has 1 aromatic carbocycles. The normalized spacial score (nSPS) is 17.5. The summed E-state index contributed by atoms with van der Waals surface area (Å²) >= 11 is 6.62. The molecule has 0 radical (unpaired) electrons. The predicted molar refractivity (Wildman–Crippen MR) is 127 cm³/mol. The van der Waals surface area contributed by atoms with Gasteiger partial charge in [0.1, 0.15) is 10.4 Å². The van der Waals surface area contributed by atoms with Gasteiger partial charge in [-0.25, -0.2) is 0 Å². The first-order chi connectivity index (χ1) is 16.0. The van der Waals surface area contributed by atoms with Crippen LogP contribution in [-0.2, 0) is 16.0 Å². The van der Waals surface area contributed by atoms with Crippen molar-refractivity contribution in [2.24, 2.45) is 0 Å². The standard InChI is InChI=1S/C22H22N4O5S2/c1-28-16-4-3-14(11-17(16)29-2)5-6-26-20(27)18(33-22(26)32)12-19-24-15(13-23)21(31-19)25-7-9-30-10-8-25/h3-4,11-12H,5-10H2,1-2H3/b18-12+. The van der Waals surface area contributed by atoms with Crippen LogP contribution in [0.2, 0.25) is 0 Å². The first-order valence-corrected chi connectivity index (χ1v) is 11.5. The molecular formula is C22H22N4O5S2. The van der Waals surface area contributed by atoms with Crippen molar-refractivity contribution < 1.29 is 23.4 Å². The molecule has 3 heterocycles. The highest BCUT2D eigenvalue weighted by atomic mass is 32.2. The fourth-order valence-corrected chi connectivity index (χ4v) is 4.80. The molecule has 1 aromatic heterocycles. The van der Waals surface area contributed by atoms with Gasteiger partial charge >= 0.3 is 0 Å². The van der Waals surface area contributed by atoms with E-state index >= 15 is 0 Å². The first kappa shape index (κ1) is 23.1. The van der Waals surface area contributed by atoms with Crippen LogP contribution in [0.25, 0.3) is 6.08 Å². The van der Waals surface area contributed by atoms with E-state index in [1.54, 1.807) is 25.2 Å². The Kier molecular flexibility index (Phi) is 7.17. The Labute approximate surface area is 200 Å². The molecule has 0 saturated carbocycles. The third kappa shape index (κ3) is 4.98. The van der Waals surface area contributed by atoms with Crippen molar-refractivity contribution in [1.82, 2.24) is 9.88 Å². The number of hydrogen-bond acceptors (Lipinski definition) is 10. The number of methoxy groups -OCH3 is 2. The molecule has 0 atom stereocenters. The number of hydrogen-bond donors (Lipinski definition) is 0. The summed E-state index contributed by atoms with van der Waals surface area (Å²) in [5.74, 6) is 1.67. The SMILES string of the molecule is COc1ccc(CCN2C(=O)/C(=C\c3nc(C#N)c(N4CCOCC4)o3)SC2=S)cc1OC. The lowest BCUT2D eigenvalue weighted by Crippen LogP contribution is -2.36. The highest BCUT2D eigenvalue weighted by molar-refractivity contribution is 8.26. The minimum absolute atomic E-state index is 0.187. The second-order valence-corrected chi connectivity index (χ2v) is 8.87. The average Bonchev–Trinajstić information content (AvgIpc) is 3.38. The zero-order valence-electron chi connectivity index (χ0n) is 18.2. The van der Waals surface area contributed by atoms with E-state index < -0.39 is 0 Å². The summed E-state index contributed by atoms with van der Waals surface area (Å²) in [6.45, 7) is 2.76. The van der Waals surface area contributed by atoms with Crippen LogP contribution in [0.1, 0.15) is 17.1 Å². The van der Waals surface area contributed by atoms with Gasteiger partial charge < -0.3 is 23.5 Å². The molecule has 33 heavy (non-hydrogen) atoms. The molecule has 0 unspecified atom stereocenters. The second kappa shape index (κ2) is 10.2. The third-order valence-corrected chi connectivity index (χ3v) is 6.61. The molecule has 0 bridgehead atoms. The Morgan fingerprint density at radius 3 is 2.73 bits per heavy atom. The highest BCUT2D eigenvalue weighted by Gasteiger charge is 2.32. The van der Waals surface area contributed by atoms with Crippen molar-refractivity contribution in [1.29, 1.82) is 5.26 Å². The topological polar surface area (TPSA) is 101 Å². The summed E-state index contributed by atoms with van der Waals surface area (Å²) in [5.41, 5.74) is 1.18. The van der Waals surface area contributed by atoms with Crippen LogP contribution < -0.4 is 14.4 Å². The van der Waals surface area contributed by atoms with Crippen LogP contribution >= 0.6 is 24.0 Å². The fraction of sp³-hybridized carbons (Fsp3) is 0.364. The Morgan fingerprint density at radius 1 is 1.27 bits per heavy atom. The van der Waals surface area contributed by atoms with Crippen LogP contribution in [0.4, 0.5) is 5.88 Å². The van der Waals surface area contributed by atoms with Gasteiger partial charge in [-0.15, -0.1) is 0 Å². The molecule has 0 aliphatic carbocycles. The van der Waals surface area contributed by atoms with Crippen LogP contribution in [0, 0.1) is 11.3 Å². The zero-order chi connectivity index (χ0) is 23.4. The number of benzene rings is 1. The number of thioether (sulfide) groups is 1. The Balaban J connectivity index is 1.47. The Bertz CT molecular complexity index is 1130. The number of carbonyl (C=O) groups is 1. The van der Waals surface area contributed by atoms with Crippen molar-refractivity contribution in [2.75, 3.05) is 52.0 Å². The zero-order valence-corrected chi connectivity index (χ0v) is 19.8. The largest absolute Gasteiger partial charge is 0.493 e. The molecule has 0 spiro atoms. The lowest BCUT2D eigenvalue weighted by Gasteiger charge is -2.25. The number of rotatable bonds is 7. The predicted octanol–water partition coefficient (Wildman–Crippen LogP) is 2.84. The van der Waals surface area contributed by atoms with E-state index in [2.05, 4.69) is 11.1 Å². The van der Waals surface area contributed by atoms with Gasteiger partial charge in [0.05, 0.1) is 32.3 Å². The number of thiocarbonyl (C=S) groups is 1. The molecule has 2 saturated heterocycles. The Morgan fingerprint density at radius 2 is 2.03 bits per heavy atom. The smallest absolute Gasteiger partial charge is 0.266 e. The summed E-state index contributed by atoms with van der Waals surface area (Å²) in [7, 11) is 3.17. The number of ether oxygens (including phenoxy) is 3. The van der Waals surface area contributed by atoms with Gasteiger partial charge in [-0.3, -0.25) is 9.69 Å². The molecule has 2 aromatic rings. The quantitative estimate of drug-likeness (QED) is 0.429. The maximum Gasteiger partial charge on any atom is 0.266 e. The van der Waals surface area contributed by atoms with E-state index in [0.717, 1.165) is 5.56 Å². The molecule has 11 heteroatoms. The summed E-state index contributed by atoms with van der Waals surface area (Å²) in [4.78, 5) is 21.1.